The molecule has 1 unspecified atom stereocenters. The molecule has 1 nitrogen and oxygen atoms in total. The molecule has 0 heterocycles. The van der Waals surface area contributed by atoms with Crippen molar-refractivity contribution in [3.05, 3.63) is 34.9 Å². The summed E-state index contributed by atoms with van der Waals surface area (Å²) in [6.45, 7) is 5.67. The van der Waals surface area contributed by atoms with Crippen LogP contribution in [-0.4, -0.2) is 13.6 Å². The molecule has 1 N–H and O–H groups in total. The van der Waals surface area contributed by atoms with Gasteiger partial charge >= 0.3 is 0 Å². The average molecular weight is 254 g/mol. The van der Waals surface area contributed by atoms with Crippen molar-refractivity contribution in [2.45, 2.75) is 33.1 Å². The second-order valence-electron chi connectivity index (χ2n) is 4.72. The maximum Gasteiger partial charge on any atom is 0.0406 e. The van der Waals surface area contributed by atoms with Crippen LogP contribution in [0.2, 0.25) is 5.02 Å². The maximum absolute atomic E-state index is 5.91. The summed E-state index contributed by atoms with van der Waals surface area (Å²) in [7, 11) is 2.04. The average Bonchev–Trinajstić information content (AvgIpc) is 2.34. The van der Waals surface area contributed by atoms with Crippen molar-refractivity contribution in [1.82, 2.24) is 5.32 Å². The van der Waals surface area contributed by atoms with Crippen LogP contribution in [-0.2, 0) is 6.42 Å². The number of hydrogen-bond donors (Lipinski definition) is 1. The van der Waals surface area contributed by atoms with Gasteiger partial charge < -0.3 is 5.32 Å². The zero-order valence-corrected chi connectivity index (χ0v) is 11.9. The highest BCUT2D eigenvalue weighted by molar-refractivity contribution is 6.30. The molecular weight excluding hydrogens is 230 g/mol. The fraction of sp³-hybridized carbons (Fsp3) is 0.600. The standard InChI is InChI=1S/C15H24ClN/c1-4-13(5-2)14(11-17-3)10-12-6-8-15(16)9-7-12/h6-9,13-14,17H,4-5,10-11H2,1-3H3. The lowest BCUT2D eigenvalue weighted by atomic mass is 9.83. The minimum absolute atomic E-state index is 0.719. The van der Waals surface area contributed by atoms with Gasteiger partial charge in [-0.1, -0.05) is 50.4 Å². The van der Waals surface area contributed by atoms with Gasteiger partial charge in [-0.25, -0.2) is 0 Å². The van der Waals surface area contributed by atoms with Crippen LogP contribution >= 0.6 is 11.6 Å². The molecule has 1 aromatic rings. The topological polar surface area (TPSA) is 12.0 Å². The number of hydrogen-bond acceptors (Lipinski definition) is 1. The zero-order valence-electron chi connectivity index (χ0n) is 11.2. The first kappa shape index (κ1) is 14.5. The molecule has 1 aromatic carbocycles. The third-order valence-corrected chi connectivity index (χ3v) is 3.84. The van der Waals surface area contributed by atoms with Crippen molar-refractivity contribution in [3.63, 3.8) is 0 Å². The Morgan fingerprint density at radius 2 is 1.65 bits per heavy atom. The Balaban J connectivity index is 2.68. The fourth-order valence-electron chi connectivity index (χ4n) is 2.55. The molecular formula is C15H24ClN. The summed E-state index contributed by atoms with van der Waals surface area (Å²) in [5.41, 5.74) is 1.39. The van der Waals surface area contributed by atoms with E-state index in [1.807, 2.05) is 19.2 Å². The summed E-state index contributed by atoms with van der Waals surface area (Å²) >= 11 is 5.91. The van der Waals surface area contributed by atoms with E-state index in [-0.39, 0.29) is 0 Å². The Morgan fingerprint density at radius 3 is 2.12 bits per heavy atom. The Bertz CT molecular complexity index is 303. The van der Waals surface area contributed by atoms with E-state index in [0.29, 0.717) is 0 Å². The van der Waals surface area contributed by atoms with Gasteiger partial charge in [-0.05, 0) is 49.5 Å². The van der Waals surface area contributed by atoms with E-state index in [2.05, 4.69) is 31.3 Å². The van der Waals surface area contributed by atoms with Crippen molar-refractivity contribution in [2.24, 2.45) is 11.8 Å². The van der Waals surface area contributed by atoms with Crippen LogP contribution in [0.3, 0.4) is 0 Å². The van der Waals surface area contributed by atoms with Crippen LogP contribution < -0.4 is 5.32 Å². The lowest BCUT2D eigenvalue weighted by Gasteiger charge is -2.25. The van der Waals surface area contributed by atoms with Crippen molar-refractivity contribution < 1.29 is 0 Å². The SMILES string of the molecule is CCC(CC)C(CNC)Cc1ccc(Cl)cc1. The second-order valence-corrected chi connectivity index (χ2v) is 5.16. The van der Waals surface area contributed by atoms with E-state index >= 15 is 0 Å². The fourth-order valence-corrected chi connectivity index (χ4v) is 2.67. The van der Waals surface area contributed by atoms with Gasteiger partial charge in [0.25, 0.3) is 0 Å². The molecule has 17 heavy (non-hydrogen) atoms. The molecule has 0 aliphatic heterocycles. The molecule has 1 atom stereocenters. The highest BCUT2D eigenvalue weighted by atomic mass is 35.5. The number of halogens is 1. The van der Waals surface area contributed by atoms with Crippen LogP contribution in [0.4, 0.5) is 0 Å². The normalized spacial score (nSPS) is 13.0. The van der Waals surface area contributed by atoms with E-state index in [4.69, 9.17) is 11.6 Å². The van der Waals surface area contributed by atoms with Crippen molar-refractivity contribution in [3.8, 4) is 0 Å². The quantitative estimate of drug-likeness (QED) is 0.770. The van der Waals surface area contributed by atoms with Gasteiger partial charge in [-0.3, -0.25) is 0 Å². The van der Waals surface area contributed by atoms with Crippen molar-refractivity contribution >= 4 is 11.6 Å². The third-order valence-electron chi connectivity index (χ3n) is 3.59. The summed E-state index contributed by atoms with van der Waals surface area (Å²) in [6.07, 6.45) is 3.66. The summed E-state index contributed by atoms with van der Waals surface area (Å²) in [6, 6.07) is 8.27. The molecule has 0 aliphatic carbocycles. The van der Waals surface area contributed by atoms with Crippen LogP contribution in [0.15, 0.2) is 24.3 Å². The second kappa shape index (κ2) is 7.73. The molecule has 0 aliphatic rings. The van der Waals surface area contributed by atoms with E-state index < -0.39 is 0 Å². The van der Waals surface area contributed by atoms with Gasteiger partial charge in [-0.2, -0.15) is 0 Å². The van der Waals surface area contributed by atoms with Gasteiger partial charge in [0.15, 0.2) is 0 Å². The first-order valence-corrected chi connectivity index (χ1v) is 6.98. The smallest absolute Gasteiger partial charge is 0.0406 e. The van der Waals surface area contributed by atoms with E-state index in [1.54, 1.807) is 0 Å². The van der Waals surface area contributed by atoms with Crippen LogP contribution in [0.5, 0.6) is 0 Å². The van der Waals surface area contributed by atoms with Crippen LogP contribution in [0, 0.1) is 11.8 Å². The zero-order chi connectivity index (χ0) is 12.7. The van der Waals surface area contributed by atoms with Gasteiger partial charge in [0.2, 0.25) is 0 Å². The highest BCUT2D eigenvalue weighted by Crippen LogP contribution is 2.23. The molecule has 0 fully saturated rings. The van der Waals surface area contributed by atoms with E-state index in [1.165, 1.54) is 18.4 Å². The molecule has 96 valence electrons. The van der Waals surface area contributed by atoms with Crippen molar-refractivity contribution in [1.29, 1.82) is 0 Å². The summed E-state index contributed by atoms with van der Waals surface area (Å²) < 4.78 is 0. The predicted molar refractivity (Wildman–Crippen MR) is 76.6 cm³/mol. The molecule has 0 spiro atoms. The van der Waals surface area contributed by atoms with Crippen LogP contribution in [0.1, 0.15) is 32.3 Å². The van der Waals surface area contributed by atoms with Gasteiger partial charge in [-0.15, -0.1) is 0 Å². The van der Waals surface area contributed by atoms with Crippen LogP contribution in [0.25, 0.3) is 0 Å². The number of benzene rings is 1. The number of nitrogens with one attached hydrogen (secondary N) is 1. The Hall–Kier alpha value is -0.530. The van der Waals surface area contributed by atoms with Gasteiger partial charge in [0, 0.05) is 5.02 Å². The predicted octanol–water partition coefficient (Wildman–Crippen LogP) is 4.15. The minimum atomic E-state index is 0.719. The Morgan fingerprint density at radius 1 is 1.06 bits per heavy atom. The van der Waals surface area contributed by atoms with E-state index in [0.717, 1.165) is 29.8 Å². The largest absolute Gasteiger partial charge is 0.319 e. The molecule has 2 heteroatoms. The van der Waals surface area contributed by atoms with Crippen molar-refractivity contribution in [2.75, 3.05) is 13.6 Å². The summed E-state index contributed by atoms with van der Waals surface area (Å²) in [5, 5.41) is 4.14. The lowest BCUT2D eigenvalue weighted by Crippen LogP contribution is -2.27. The first-order valence-electron chi connectivity index (χ1n) is 6.60. The van der Waals surface area contributed by atoms with E-state index in [9.17, 15) is 0 Å². The van der Waals surface area contributed by atoms with Gasteiger partial charge in [0.05, 0.1) is 0 Å². The Kier molecular flexibility index (Phi) is 6.61. The highest BCUT2D eigenvalue weighted by Gasteiger charge is 2.18. The molecule has 0 aromatic heterocycles. The molecule has 0 amide bonds. The molecule has 1 rings (SSSR count). The minimum Gasteiger partial charge on any atom is -0.319 e. The summed E-state index contributed by atoms with van der Waals surface area (Å²) in [5.74, 6) is 1.52. The molecule has 0 saturated carbocycles. The van der Waals surface area contributed by atoms with Gasteiger partial charge in [0.1, 0.15) is 0 Å². The molecule has 0 bridgehead atoms. The Labute approximate surface area is 111 Å². The monoisotopic (exact) mass is 253 g/mol. The summed E-state index contributed by atoms with van der Waals surface area (Å²) in [4.78, 5) is 0. The molecule has 0 radical (unpaired) electrons. The molecule has 0 saturated heterocycles. The maximum atomic E-state index is 5.91. The third kappa shape index (κ3) is 4.69. The number of rotatable bonds is 7. The lowest BCUT2D eigenvalue weighted by molar-refractivity contribution is 0.304. The first-order chi connectivity index (χ1) is 8.21.